The highest BCUT2D eigenvalue weighted by Gasteiger charge is 2.15. The van der Waals surface area contributed by atoms with Gasteiger partial charge in [0.25, 0.3) is 5.91 Å². The monoisotopic (exact) mass is 478 g/mol. The van der Waals surface area contributed by atoms with Gasteiger partial charge in [0.05, 0.1) is 17.9 Å². The normalized spacial score (nSPS) is 10.2. The van der Waals surface area contributed by atoms with Gasteiger partial charge in [-0.2, -0.15) is 0 Å². The first-order valence-electron chi connectivity index (χ1n) is 8.80. The maximum atomic E-state index is 12.7. The van der Waals surface area contributed by atoms with E-state index in [-0.39, 0.29) is 5.11 Å². The van der Waals surface area contributed by atoms with Crippen LogP contribution in [0.4, 0.5) is 5.69 Å². The van der Waals surface area contributed by atoms with Crippen molar-refractivity contribution < 1.29 is 19.0 Å². The molecular formula is C21H23BrN2O4S. The Labute approximate surface area is 184 Å². The van der Waals surface area contributed by atoms with Gasteiger partial charge in [0.2, 0.25) is 0 Å². The Morgan fingerprint density at radius 3 is 2.62 bits per heavy atom. The number of thiocarbonyl (C=S) groups is 1. The molecule has 8 heteroatoms. The van der Waals surface area contributed by atoms with Gasteiger partial charge in [-0.25, -0.2) is 0 Å². The fourth-order valence-electron chi connectivity index (χ4n) is 2.26. The molecule has 1 amide bonds. The van der Waals surface area contributed by atoms with Gasteiger partial charge in [0.1, 0.15) is 24.7 Å². The standard InChI is InChI=1S/C21H23BrN2O4S/c1-14(2)13-28-19-7-5-4-6-17(19)23-21(29)24-20(25)16-12-15(22)8-9-18(16)27-11-10-26-3/h4-9,12H,1,10-11,13H2,2-3H3,(H2,23,24,25,29). The van der Waals surface area contributed by atoms with Crippen LogP contribution in [0.25, 0.3) is 0 Å². The second-order valence-corrected chi connectivity index (χ2v) is 7.46. The summed E-state index contributed by atoms with van der Waals surface area (Å²) in [6.07, 6.45) is 0. The molecule has 0 saturated heterocycles. The molecule has 0 aromatic heterocycles. The molecule has 0 bridgehead atoms. The third kappa shape index (κ3) is 7.49. The summed E-state index contributed by atoms with van der Waals surface area (Å²) >= 11 is 8.67. The lowest BCUT2D eigenvalue weighted by atomic mass is 10.2. The van der Waals surface area contributed by atoms with Crippen LogP contribution in [0.1, 0.15) is 17.3 Å². The highest BCUT2D eigenvalue weighted by molar-refractivity contribution is 9.10. The van der Waals surface area contributed by atoms with Crippen molar-refractivity contribution in [3.05, 3.63) is 64.7 Å². The van der Waals surface area contributed by atoms with Crippen LogP contribution in [-0.2, 0) is 4.74 Å². The van der Waals surface area contributed by atoms with E-state index >= 15 is 0 Å². The predicted molar refractivity (Wildman–Crippen MR) is 122 cm³/mol. The number of benzene rings is 2. The number of carbonyl (C=O) groups is 1. The Hall–Kier alpha value is -2.42. The van der Waals surface area contributed by atoms with Gasteiger partial charge in [0, 0.05) is 11.6 Å². The maximum absolute atomic E-state index is 12.7. The summed E-state index contributed by atoms with van der Waals surface area (Å²) < 4.78 is 17.1. The number of hydrogen-bond acceptors (Lipinski definition) is 5. The van der Waals surface area contributed by atoms with Crippen LogP contribution in [-0.4, -0.2) is 38.0 Å². The van der Waals surface area contributed by atoms with E-state index in [0.29, 0.717) is 42.6 Å². The van der Waals surface area contributed by atoms with Gasteiger partial charge >= 0.3 is 0 Å². The molecule has 6 nitrogen and oxygen atoms in total. The van der Waals surface area contributed by atoms with Crippen molar-refractivity contribution in [2.75, 3.05) is 32.2 Å². The van der Waals surface area contributed by atoms with Crippen molar-refractivity contribution in [2.45, 2.75) is 6.92 Å². The summed E-state index contributed by atoms with van der Waals surface area (Å²) in [5.41, 5.74) is 1.89. The molecule has 2 N–H and O–H groups in total. The molecule has 0 saturated carbocycles. The highest BCUT2D eigenvalue weighted by Crippen LogP contribution is 2.25. The van der Waals surface area contributed by atoms with Crippen LogP contribution < -0.4 is 20.1 Å². The summed E-state index contributed by atoms with van der Waals surface area (Å²) in [7, 11) is 1.58. The third-order valence-corrected chi connectivity index (χ3v) is 4.27. The highest BCUT2D eigenvalue weighted by atomic mass is 79.9. The van der Waals surface area contributed by atoms with Crippen molar-refractivity contribution in [3.63, 3.8) is 0 Å². The fourth-order valence-corrected chi connectivity index (χ4v) is 2.82. The quantitative estimate of drug-likeness (QED) is 0.312. The Kier molecular flexibility index (Phi) is 9.11. The van der Waals surface area contributed by atoms with E-state index in [4.69, 9.17) is 26.4 Å². The summed E-state index contributed by atoms with van der Waals surface area (Å²) in [5.74, 6) is 0.658. The zero-order valence-corrected chi connectivity index (χ0v) is 18.7. The van der Waals surface area contributed by atoms with Crippen molar-refractivity contribution in [2.24, 2.45) is 0 Å². The lowest BCUT2D eigenvalue weighted by Crippen LogP contribution is -2.34. The van der Waals surface area contributed by atoms with E-state index in [2.05, 4.69) is 33.1 Å². The van der Waals surface area contributed by atoms with Gasteiger partial charge in [-0.05, 0) is 55.0 Å². The minimum atomic E-state index is -0.392. The van der Waals surface area contributed by atoms with E-state index in [9.17, 15) is 4.79 Å². The minimum absolute atomic E-state index is 0.143. The SMILES string of the molecule is C=C(C)COc1ccccc1NC(=S)NC(=O)c1cc(Br)ccc1OCCOC. The molecule has 0 aliphatic heterocycles. The number of rotatable bonds is 9. The number of halogens is 1. The number of amides is 1. The van der Waals surface area contributed by atoms with E-state index in [1.54, 1.807) is 25.3 Å². The number of para-hydroxylation sites is 2. The zero-order chi connectivity index (χ0) is 21.2. The Morgan fingerprint density at radius 1 is 1.14 bits per heavy atom. The van der Waals surface area contributed by atoms with Gasteiger partial charge in [-0.15, -0.1) is 0 Å². The van der Waals surface area contributed by atoms with E-state index in [0.717, 1.165) is 10.0 Å². The zero-order valence-electron chi connectivity index (χ0n) is 16.3. The lowest BCUT2D eigenvalue weighted by Gasteiger charge is -2.15. The topological polar surface area (TPSA) is 68.8 Å². The Morgan fingerprint density at radius 2 is 1.90 bits per heavy atom. The van der Waals surface area contributed by atoms with Crippen molar-refractivity contribution in [1.82, 2.24) is 5.32 Å². The molecule has 2 rings (SSSR count). The molecule has 0 unspecified atom stereocenters. The van der Waals surface area contributed by atoms with E-state index in [1.165, 1.54) is 0 Å². The average Bonchev–Trinajstić information content (AvgIpc) is 2.68. The lowest BCUT2D eigenvalue weighted by molar-refractivity contribution is 0.0969. The molecule has 154 valence electrons. The molecule has 0 fully saturated rings. The summed E-state index contributed by atoms with van der Waals surface area (Å²) in [6.45, 7) is 6.83. The third-order valence-electron chi connectivity index (χ3n) is 3.57. The minimum Gasteiger partial charge on any atom is -0.490 e. The van der Waals surface area contributed by atoms with Gasteiger partial charge in [-0.1, -0.05) is 34.6 Å². The molecular weight excluding hydrogens is 456 g/mol. The molecule has 2 aromatic rings. The average molecular weight is 479 g/mol. The van der Waals surface area contributed by atoms with Gasteiger partial charge in [-0.3, -0.25) is 10.1 Å². The van der Waals surface area contributed by atoms with Crippen LogP contribution in [0.15, 0.2) is 59.1 Å². The van der Waals surface area contributed by atoms with Gasteiger partial charge < -0.3 is 19.5 Å². The summed E-state index contributed by atoms with van der Waals surface area (Å²) in [5, 5.41) is 5.81. The molecule has 0 radical (unpaired) electrons. The van der Waals surface area contributed by atoms with Crippen LogP contribution in [0.3, 0.4) is 0 Å². The van der Waals surface area contributed by atoms with Crippen LogP contribution >= 0.6 is 28.1 Å². The summed E-state index contributed by atoms with van der Waals surface area (Å²) in [6, 6.07) is 12.5. The Bertz CT molecular complexity index is 889. The second kappa shape index (κ2) is 11.5. The number of anilines is 1. The number of methoxy groups -OCH3 is 1. The smallest absolute Gasteiger partial charge is 0.261 e. The van der Waals surface area contributed by atoms with Crippen molar-refractivity contribution >= 4 is 44.9 Å². The van der Waals surface area contributed by atoms with E-state index in [1.807, 2.05) is 31.2 Å². The van der Waals surface area contributed by atoms with Crippen molar-refractivity contribution in [3.8, 4) is 11.5 Å². The molecule has 0 aliphatic carbocycles. The predicted octanol–water partition coefficient (Wildman–Crippen LogP) is 4.56. The maximum Gasteiger partial charge on any atom is 0.261 e. The van der Waals surface area contributed by atoms with E-state index < -0.39 is 5.91 Å². The first-order chi connectivity index (χ1) is 13.9. The van der Waals surface area contributed by atoms with Gasteiger partial charge in [0.15, 0.2) is 5.11 Å². The number of carbonyl (C=O) groups excluding carboxylic acids is 1. The number of nitrogens with one attached hydrogen (secondary N) is 2. The van der Waals surface area contributed by atoms with Crippen molar-refractivity contribution in [1.29, 1.82) is 0 Å². The number of ether oxygens (including phenoxy) is 3. The van der Waals surface area contributed by atoms with Crippen LogP contribution in [0.2, 0.25) is 0 Å². The molecule has 0 aliphatic rings. The molecule has 0 heterocycles. The Balaban J connectivity index is 2.07. The molecule has 0 spiro atoms. The number of hydrogen-bond donors (Lipinski definition) is 2. The molecule has 29 heavy (non-hydrogen) atoms. The molecule has 2 aromatic carbocycles. The first kappa shape index (κ1) is 22.9. The van der Waals surface area contributed by atoms with Crippen LogP contribution in [0.5, 0.6) is 11.5 Å². The second-order valence-electron chi connectivity index (χ2n) is 6.13. The fraction of sp³-hybridized carbons (Fsp3) is 0.238. The largest absolute Gasteiger partial charge is 0.490 e. The van der Waals surface area contributed by atoms with Crippen LogP contribution in [0, 0.1) is 0 Å². The summed E-state index contributed by atoms with van der Waals surface area (Å²) in [4.78, 5) is 12.7. The molecule has 0 atom stereocenters. The first-order valence-corrected chi connectivity index (χ1v) is 10.0.